The Bertz CT molecular complexity index is 391. The third-order valence-electron chi connectivity index (χ3n) is 2.64. The third-order valence-corrected chi connectivity index (χ3v) is 2.64. The molecule has 0 bridgehead atoms. The van der Waals surface area contributed by atoms with Gasteiger partial charge in [0, 0.05) is 31.2 Å². The summed E-state index contributed by atoms with van der Waals surface area (Å²) < 4.78 is 2.25. The van der Waals surface area contributed by atoms with Crippen molar-refractivity contribution >= 4 is 0 Å². The molecule has 0 aromatic carbocycles. The first-order chi connectivity index (χ1) is 7.94. The van der Waals surface area contributed by atoms with E-state index in [9.17, 15) is 0 Å². The summed E-state index contributed by atoms with van der Waals surface area (Å²) in [6, 6.07) is 0. The highest BCUT2D eigenvalue weighted by Crippen LogP contribution is 2.09. The first-order valence-electron chi connectivity index (χ1n) is 6.13. The van der Waals surface area contributed by atoms with Crippen molar-refractivity contribution in [2.45, 2.75) is 59.2 Å². The molecule has 0 atom stereocenters. The number of nitrogens with one attached hydrogen (secondary N) is 1. The minimum Gasteiger partial charge on any atom is -0.331 e. The normalized spacial score (nSPS) is 11.5. The van der Waals surface area contributed by atoms with Gasteiger partial charge >= 0.3 is 0 Å². The van der Waals surface area contributed by atoms with E-state index in [-0.39, 0.29) is 5.54 Å². The largest absolute Gasteiger partial charge is 0.331 e. The maximum Gasteiger partial charge on any atom is 0.105 e. The number of nitrogens with zero attached hydrogens (tertiary/aromatic N) is 2. The Labute approximate surface area is 105 Å². The van der Waals surface area contributed by atoms with Crippen LogP contribution in [0.2, 0.25) is 0 Å². The van der Waals surface area contributed by atoms with E-state index in [1.54, 1.807) is 0 Å². The number of imidazole rings is 1. The van der Waals surface area contributed by atoms with Crippen LogP contribution in [0.15, 0.2) is 6.20 Å². The summed E-state index contributed by atoms with van der Waals surface area (Å²) in [7, 11) is 0. The molecule has 1 aromatic heterocycles. The lowest BCUT2D eigenvalue weighted by molar-refractivity contribution is 0.414. The Morgan fingerprint density at radius 1 is 1.47 bits per heavy atom. The second kappa shape index (κ2) is 5.88. The van der Waals surface area contributed by atoms with E-state index in [4.69, 9.17) is 6.42 Å². The molecular weight excluding hydrogens is 210 g/mol. The van der Waals surface area contributed by atoms with Crippen LogP contribution in [0.25, 0.3) is 0 Å². The van der Waals surface area contributed by atoms with Gasteiger partial charge in [0.2, 0.25) is 0 Å². The summed E-state index contributed by atoms with van der Waals surface area (Å²) in [6.07, 6.45) is 9.05. The van der Waals surface area contributed by atoms with Gasteiger partial charge in [-0.15, -0.1) is 12.3 Å². The lowest BCUT2D eigenvalue weighted by Gasteiger charge is -2.21. The van der Waals surface area contributed by atoms with Crippen LogP contribution in [0, 0.1) is 19.3 Å². The van der Waals surface area contributed by atoms with Crippen LogP contribution in [-0.2, 0) is 13.1 Å². The van der Waals surface area contributed by atoms with Crippen LogP contribution in [0.3, 0.4) is 0 Å². The average Bonchev–Trinajstić information content (AvgIpc) is 2.57. The average molecular weight is 233 g/mol. The minimum absolute atomic E-state index is 0.127. The molecule has 94 valence electrons. The number of terminal acetylenes is 1. The molecule has 1 aromatic rings. The SMILES string of the molecule is C#CCCCn1c(CNC(C)(C)C)cnc1C. The van der Waals surface area contributed by atoms with Crippen molar-refractivity contribution in [2.24, 2.45) is 0 Å². The van der Waals surface area contributed by atoms with Gasteiger partial charge in [-0.1, -0.05) is 0 Å². The predicted molar refractivity (Wildman–Crippen MR) is 71.6 cm³/mol. The standard InChI is InChI=1S/C14H23N3/c1-6-7-8-9-17-12(2)15-10-13(17)11-16-14(3,4)5/h1,10,16H,7-9,11H2,2-5H3. The highest BCUT2D eigenvalue weighted by Gasteiger charge is 2.11. The molecule has 0 amide bonds. The molecule has 3 nitrogen and oxygen atoms in total. The van der Waals surface area contributed by atoms with Gasteiger partial charge in [-0.25, -0.2) is 4.98 Å². The zero-order valence-electron chi connectivity index (χ0n) is 11.4. The molecule has 0 saturated carbocycles. The van der Waals surface area contributed by atoms with E-state index in [2.05, 4.69) is 41.6 Å². The van der Waals surface area contributed by atoms with Crippen molar-refractivity contribution in [1.82, 2.24) is 14.9 Å². The molecule has 1 rings (SSSR count). The van der Waals surface area contributed by atoms with Gasteiger partial charge in [0.1, 0.15) is 5.82 Å². The Hall–Kier alpha value is -1.27. The van der Waals surface area contributed by atoms with Crippen molar-refractivity contribution in [3.63, 3.8) is 0 Å². The van der Waals surface area contributed by atoms with Crippen molar-refractivity contribution in [3.05, 3.63) is 17.7 Å². The van der Waals surface area contributed by atoms with Gasteiger partial charge in [-0.2, -0.15) is 0 Å². The van der Waals surface area contributed by atoms with Crippen LogP contribution < -0.4 is 5.32 Å². The number of aromatic nitrogens is 2. The summed E-state index contributed by atoms with van der Waals surface area (Å²) in [6.45, 7) is 10.3. The topological polar surface area (TPSA) is 29.9 Å². The van der Waals surface area contributed by atoms with Gasteiger partial charge in [-0.05, 0) is 34.1 Å². The number of aryl methyl sites for hydroxylation is 1. The van der Waals surface area contributed by atoms with Crippen molar-refractivity contribution in [1.29, 1.82) is 0 Å². The summed E-state index contributed by atoms with van der Waals surface area (Å²) >= 11 is 0. The molecule has 0 spiro atoms. The highest BCUT2D eigenvalue weighted by atomic mass is 15.1. The van der Waals surface area contributed by atoms with Gasteiger partial charge in [0.25, 0.3) is 0 Å². The summed E-state index contributed by atoms with van der Waals surface area (Å²) in [4.78, 5) is 4.37. The molecule has 0 aliphatic carbocycles. The summed E-state index contributed by atoms with van der Waals surface area (Å²) in [5.74, 6) is 3.74. The van der Waals surface area contributed by atoms with E-state index in [1.807, 2.05) is 13.1 Å². The first kappa shape index (κ1) is 13.8. The Morgan fingerprint density at radius 2 is 2.18 bits per heavy atom. The number of rotatable bonds is 5. The van der Waals surface area contributed by atoms with Crippen LogP contribution in [0.5, 0.6) is 0 Å². The molecule has 0 saturated heterocycles. The molecule has 1 heterocycles. The summed E-state index contributed by atoms with van der Waals surface area (Å²) in [5.41, 5.74) is 1.36. The molecule has 0 fully saturated rings. The van der Waals surface area contributed by atoms with Crippen LogP contribution in [0.4, 0.5) is 0 Å². The number of hydrogen-bond acceptors (Lipinski definition) is 2. The molecule has 17 heavy (non-hydrogen) atoms. The highest BCUT2D eigenvalue weighted by molar-refractivity contribution is 5.05. The smallest absolute Gasteiger partial charge is 0.105 e. The van der Waals surface area contributed by atoms with Crippen molar-refractivity contribution < 1.29 is 0 Å². The zero-order valence-corrected chi connectivity index (χ0v) is 11.4. The van der Waals surface area contributed by atoms with Crippen molar-refractivity contribution in [3.8, 4) is 12.3 Å². The maximum absolute atomic E-state index is 5.27. The van der Waals surface area contributed by atoms with Gasteiger partial charge in [-0.3, -0.25) is 0 Å². The number of unbranched alkanes of at least 4 members (excludes halogenated alkanes) is 1. The van der Waals surface area contributed by atoms with Gasteiger partial charge in [0.05, 0.1) is 5.69 Å². The second-order valence-corrected chi connectivity index (χ2v) is 5.36. The molecule has 0 aliphatic heterocycles. The van der Waals surface area contributed by atoms with E-state index in [0.717, 1.165) is 31.8 Å². The maximum atomic E-state index is 5.27. The van der Waals surface area contributed by atoms with E-state index in [0.29, 0.717) is 0 Å². The summed E-state index contributed by atoms with van der Waals surface area (Å²) in [5, 5.41) is 3.48. The Kier molecular flexibility index (Phi) is 4.77. The fraction of sp³-hybridized carbons (Fsp3) is 0.643. The molecule has 3 heteroatoms. The van der Waals surface area contributed by atoms with E-state index in [1.165, 1.54) is 5.69 Å². The van der Waals surface area contributed by atoms with Gasteiger partial charge in [0.15, 0.2) is 0 Å². The quantitative estimate of drug-likeness (QED) is 0.625. The first-order valence-corrected chi connectivity index (χ1v) is 6.13. The predicted octanol–water partition coefficient (Wildman–Crippen LogP) is 2.49. The molecular formula is C14H23N3. The molecule has 0 aliphatic rings. The van der Waals surface area contributed by atoms with E-state index >= 15 is 0 Å². The second-order valence-electron chi connectivity index (χ2n) is 5.36. The van der Waals surface area contributed by atoms with Crippen LogP contribution >= 0.6 is 0 Å². The lowest BCUT2D eigenvalue weighted by Crippen LogP contribution is -2.35. The minimum atomic E-state index is 0.127. The Morgan fingerprint density at radius 3 is 2.76 bits per heavy atom. The lowest BCUT2D eigenvalue weighted by atomic mass is 10.1. The molecule has 0 unspecified atom stereocenters. The molecule has 0 radical (unpaired) electrons. The number of hydrogen-bond donors (Lipinski definition) is 1. The fourth-order valence-corrected chi connectivity index (χ4v) is 1.66. The fourth-order valence-electron chi connectivity index (χ4n) is 1.66. The van der Waals surface area contributed by atoms with Gasteiger partial charge < -0.3 is 9.88 Å². The van der Waals surface area contributed by atoms with Crippen LogP contribution in [0.1, 0.15) is 45.1 Å². The van der Waals surface area contributed by atoms with Crippen molar-refractivity contribution in [2.75, 3.05) is 0 Å². The Balaban J connectivity index is 2.63. The zero-order chi connectivity index (χ0) is 12.9. The third kappa shape index (κ3) is 4.62. The van der Waals surface area contributed by atoms with E-state index < -0.39 is 0 Å². The monoisotopic (exact) mass is 233 g/mol. The molecule has 1 N–H and O–H groups in total. The van der Waals surface area contributed by atoms with Crippen LogP contribution in [-0.4, -0.2) is 15.1 Å².